The highest BCUT2D eigenvalue weighted by Crippen LogP contribution is 2.35. The fourth-order valence-electron chi connectivity index (χ4n) is 5.32. The maximum atomic E-state index is 13.8. The molecule has 1 fully saturated rings. The first-order chi connectivity index (χ1) is 16.4. The molecule has 2 amide bonds. The molecule has 2 aromatic heterocycles. The molecule has 1 aliphatic heterocycles. The van der Waals surface area contributed by atoms with Gasteiger partial charge in [0.2, 0.25) is 5.91 Å². The van der Waals surface area contributed by atoms with Crippen molar-refractivity contribution in [1.82, 2.24) is 14.8 Å². The van der Waals surface area contributed by atoms with E-state index in [9.17, 15) is 9.59 Å². The van der Waals surface area contributed by atoms with Crippen LogP contribution < -0.4 is 14.8 Å². The number of fused-ring (bicyclic) bond motifs is 3. The molecule has 2 aliphatic rings. The number of hydrogen-bond donors (Lipinski definition) is 1. The highest BCUT2D eigenvalue weighted by Gasteiger charge is 2.48. The Morgan fingerprint density at radius 2 is 1.97 bits per heavy atom. The Labute approximate surface area is 203 Å². The Morgan fingerprint density at radius 1 is 1.18 bits per heavy atom. The third kappa shape index (κ3) is 3.83. The van der Waals surface area contributed by atoms with Crippen molar-refractivity contribution in [2.45, 2.75) is 57.2 Å². The van der Waals surface area contributed by atoms with Gasteiger partial charge in [0, 0.05) is 18.7 Å². The van der Waals surface area contributed by atoms with E-state index in [0.717, 1.165) is 41.5 Å². The normalized spacial score (nSPS) is 20.6. The molecule has 3 aromatic rings. The molecule has 0 radical (unpaired) electrons. The van der Waals surface area contributed by atoms with Crippen molar-refractivity contribution in [3.63, 3.8) is 0 Å². The molecule has 1 aliphatic carbocycles. The van der Waals surface area contributed by atoms with E-state index in [4.69, 9.17) is 9.47 Å². The fourth-order valence-corrected chi connectivity index (χ4v) is 6.15. The van der Waals surface area contributed by atoms with Crippen LogP contribution >= 0.6 is 11.3 Å². The smallest absolute Gasteiger partial charge is 0.271 e. The minimum absolute atomic E-state index is 0.0721. The number of carbonyl (C=O) groups is 2. The molecule has 34 heavy (non-hydrogen) atoms. The van der Waals surface area contributed by atoms with Crippen LogP contribution in [-0.2, 0) is 17.8 Å². The monoisotopic (exact) mass is 481 g/mol. The van der Waals surface area contributed by atoms with Crippen molar-refractivity contribution in [3.8, 4) is 11.5 Å². The summed E-state index contributed by atoms with van der Waals surface area (Å²) in [5.41, 5.74) is 1.65. The number of nitrogens with one attached hydrogen (secondary N) is 1. The number of amides is 2. The lowest BCUT2D eigenvalue weighted by Crippen LogP contribution is -2.65. The summed E-state index contributed by atoms with van der Waals surface area (Å²) < 4.78 is 14.0. The minimum atomic E-state index is -0.986. The first kappa shape index (κ1) is 22.8. The van der Waals surface area contributed by atoms with Crippen molar-refractivity contribution < 1.29 is 19.1 Å². The van der Waals surface area contributed by atoms with E-state index in [1.165, 1.54) is 0 Å². The predicted octanol–water partition coefficient (Wildman–Crippen LogP) is 4.24. The Morgan fingerprint density at radius 3 is 2.71 bits per heavy atom. The molecule has 7 nitrogen and oxygen atoms in total. The third-order valence-electron chi connectivity index (χ3n) is 7.33. The largest absolute Gasteiger partial charge is 0.497 e. The van der Waals surface area contributed by atoms with Crippen molar-refractivity contribution in [3.05, 3.63) is 47.0 Å². The van der Waals surface area contributed by atoms with Gasteiger partial charge in [-0.1, -0.05) is 18.9 Å². The summed E-state index contributed by atoms with van der Waals surface area (Å²) in [4.78, 5) is 29.3. The first-order valence-electron chi connectivity index (χ1n) is 11.8. The second-order valence-electron chi connectivity index (χ2n) is 9.40. The van der Waals surface area contributed by atoms with E-state index in [0.29, 0.717) is 36.7 Å². The van der Waals surface area contributed by atoms with Crippen molar-refractivity contribution in [2.24, 2.45) is 0 Å². The fraction of sp³-hybridized carbons (Fsp3) is 0.462. The summed E-state index contributed by atoms with van der Waals surface area (Å²) in [6.07, 6.45) is 4.85. The van der Waals surface area contributed by atoms with Crippen LogP contribution in [0.4, 0.5) is 0 Å². The van der Waals surface area contributed by atoms with Crippen LogP contribution in [0.25, 0.3) is 10.2 Å². The van der Waals surface area contributed by atoms with E-state index in [2.05, 4.69) is 5.32 Å². The summed E-state index contributed by atoms with van der Waals surface area (Å²) in [5.74, 6) is 1.25. The number of aromatic nitrogens is 1. The topological polar surface area (TPSA) is 72.8 Å². The summed E-state index contributed by atoms with van der Waals surface area (Å²) in [6, 6.07) is 9.87. The molecule has 1 aromatic carbocycles. The Kier molecular flexibility index (Phi) is 6.02. The minimum Gasteiger partial charge on any atom is -0.497 e. The second-order valence-corrected chi connectivity index (χ2v) is 10.3. The van der Waals surface area contributed by atoms with E-state index in [-0.39, 0.29) is 17.9 Å². The van der Waals surface area contributed by atoms with Gasteiger partial charge in [-0.3, -0.25) is 9.59 Å². The summed E-state index contributed by atoms with van der Waals surface area (Å²) >= 11 is 1.62. The summed E-state index contributed by atoms with van der Waals surface area (Å²) in [6.45, 7) is 2.75. The van der Waals surface area contributed by atoms with E-state index >= 15 is 0 Å². The van der Waals surface area contributed by atoms with Gasteiger partial charge >= 0.3 is 0 Å². The lowest BCUT2D eigenvalue weighted by Gasteiger charge is -2.44. The number of methoxy groups -OCH3 is 2. The standard InChI is InChI=1S/C26H31N3O4S/c1-26(25(31)27-18-6-4-5-7-18)16-28-20-11-13-34-23(20)15-21(28)24(30)29(26)12-10-17-8-9-19(32-2)14-22(17)33-3/h8-9,11,13-15,18H,4-7,10,12,16H2,1-3H3,(H,27,31)/t26-/m1/s1. The summed E-state index contributed by atoms with van der Waals surface area (Å²) in [5, 5.41) is 5.28. The van der Waals surface area contributed by atoms with Gasteiger partial charge in [-0.15, -0.1) is 11.3 Å². The van der Waals surface area contributed by atoms with Crippen LogP contribution in [0.1, 0.15) is 48.7 Å². The predicted molar refractivity (Wildman–Crippen MR) is 133 cm³/mol. The maximum absolute atomic E-state index is 13.8. The van der Waals surface area contributed by atoms with Crippen molar-refractivity contribution >= 4 is 33.4 Å². The quantitative estimate of drug-likeness (QED) is 0.548. The molecule has 5 rings (SSSR count). The van der Waals surface area contributed by atoms with Gasteiger partial charge in [-0.05, 0) is 55.3 Å². The number of ether oxygens (including phenoxy) is 2. The number of carbonyl (C=O) groups excluding carboxylic acids is 2. The van der Waals surface area contributed by atoms with Crippen LogP contribution in [0.15, 0.2) is 35.7 Å². The number of nitrogens with zero attached hydrogens (tertiary/aromatic N) is 2. The highest BCUT2D eigenvalue weighted by molar-refractivity contribution is 7.17. The molecule has 1 saturated carbocycles. The van der Waals surface area contributed by atoms with E-state index < -0.39 is 5.54 Å². The zero-order valence-electron chi connectivity index (χ0n) is 19.9. The summed E-state index contributed by atoms with van der Waals surface area (Å²) in [7, 11) is 3.25. The van der Waals surface area contributed by atoms with Gasteiger partial charge < -0.3 is 24.3 Å². The van der Waals surface area contributed by atoms with Crippen molar-refractivity contribution in [2.75, 3.05) is 20.8 Å². The molecular formula is C26H31N3O4S. The van der Waals surface area contributed by atoms with Gasteiger partial charge in [0.15, 0.2) is 0 Å². The highest BCUT2D eigenvalue weighted by atomic mass is 32.1. The lowest BCUT2D eigenvalue weighted by molar-refractivity contribution is -0.133. The number of benzene rings is 1. The maximum Gasteiger partial charge on any atom is 0.271 e. The van der Waals surface area contributed by atoms with Crippen molar-refractivity contribution in [1.29, 1.82) is 0 Å². The van der Waals surface area contributed by atoms with Gasteiger partial charge in [0.05, 0.1) is 31.0 Å². The number of thiophene rings is 1. The van der Waals surface area contributed by atoms with Crippen LogP contribution in [0.5, 0.6) is 11.5 Å². The molecule has 1 N–H and O–H groups in total. The SMILES string of the molecule is COc1ccc(CCN2C(=O)c3cc4sccc4n3C[C@]2(C)C(=O)NC2CCCC2)c(OC)c1. The molecule has 180 valence electrons. The lowest BCUT2D eigenvalue weighted by atomic mass is 9.93. The molecular weight excluding hydrogens is 450 g/mol. The average Bonchev–Trinajstić information content (AvgIpc) is 3.58. The van der Waals surface area contributed by atoms with Crippen LogP contribution in [0.3, 0.4) is 0 Å². The molecule has 1 atom stereocenters. The molecule has 0 unspecified atom stereocenters. The molecule has 0 saturated heterocycles. The van der Waals surface area contributed by atoms with Crippen LogP contribution in [0.2, 0.25) is 0 Å². The molecule has 0 spiro atoms. The number of hydrogen-bond acceptors (Lipinski definition) is 5. The second kappa shape index (κ2) is 8.98. The Balaban J connectivity index is 1.47. The van der Waals surface area contributed by atoms with Gasteiger partial charge in [0.1, 0.15) is 22.7 Å². The van der Waals surface area contributed by atoms with Gasteiger partial charge in [-0.25, -0.2) is 0 Å². The Hall–Kier alpha value is -3.00. The molecule has 3 heterocycles. The molecule has 8 heteroatoms. The first-order valence-corrected chi connectivity index (χ1v) is 12.7. The van der Waals surface area contributed by atoms with Crippen LogP contribution in [0, 0.1) is 0 Å². The van der Waals surface area contributed by atoms with E-state index in [1.54, 1.807) is 30.5 Å². The molecule has 0 bridgehead atoms. The zero-order chi connectivity index (χ0) is 23.9. The Bertz CT molecular complexity index is 1230. The number of rotatable bonds is 7. The van der Waals surface area contributed by atoms with Crippen LogP contribution in [-0.4, -0.2) is 53.6 Å². The zero-order valence-corrected chi connectivity index (χ0v) is 20.7. The van der Waals surface area contributed by atoms with Gasteiger partial charge in [-0.2, -0.15) is 0 Å². The van der Waals surface area contributed by atoms with E-state index in [1.807, 2.05) is 47.2 Å². The van der Waals surface area contributed by atoms with Gasteiger partial charge in [0.25, 0.3) is 5.91 Å². The average molecular weight is 482 g/mol. The third-order valence-corrected chi connectivity index (χ3v) is 8.18.